The number of aliphatic hydroxyl groups excluding tert-OH is 1. The number of aliphatic hydroxyl groups is 1. The molecule has 1 N–H and O–H groups in total. The molecule has 0 bridgehead atoms. The molecule has 2 aromatic rings. The second-order valence-corrected chi connectivity index (χ2v) is 5.36. The van der Waals surface area contributed by atoms with Crippen LogP contribution in [0.25, 0.3) is 0 Å². The summed E-state index contributed by atoms with van der Waals surface area (Å²) >= 11 is 18.3. The molecule has 1 heterocycles. The van der Waals surface area contributed by atoms with E-state index in [1.54, 1.807) is 22.9 Å². The van der Waals surface area contributed by atoms with Gasteiger partial charge in [-0.15, -0.1) is 0 Å². The minimum Gasteiger partial charge on any atom is -0.382 e. The fraction of sp³-hybridized carbons (Fsp3) is 0.308. The van der Waals surface area contributed by atoms with Crippen molar-refractivity contribution in [2.24, 2.45) is 0 Å². The number of rotatable bonds is 4. The van der Waals surface area contributed by atoms with E-state index < -0.39 is 6.10 Å². The summed E-state index contributed by atoms with van der Waals surface area (Å²) in [7, 11) is 0. The van der Waals surface area contributed by atoms with Crippen LogP contribution in [0.3, 0.4) is 0 Å². The van der Waals surface area contributed by atoms with Crippen LogP contribution in [0.2, 0.25) is 15.1 Å². The minimum absolute atomic E-state index is 0.400. The van der Waals surface area contributed by atoms with Crippen molar-refractivity contribution in [3.63, 3.8) is 0 Å². The smallest absolute Gasteiger partial charge is 0.125 e. The Morgan fingerprint density at radius 1 is 1.21 bits per heavy atom. The Balaban J connectivity index is 2.50. The summed E-state index contributed by atoms with van der Waals surface area (Å²) in [5, 5.41) is 15.9. The van der Waals surface area contributed by atoms with Crippen molar-refractivity contribution in [2.45, 2.75) is 26.0 Å². The van der Waals surface area contributed by atoms with Crippen LogP contribution in [-0.2, 0) is 6.54 Å². The third-order valence-electron chi connectivity index (χ3n) is 2.80. The van der Waals surface area contributed by atoms with Crippen molar-refractivity contribution in [3.05, 3.63) is 50.7 Å². The molecule has 0 fully saturated rings. The molecule has 0 aliphatic heterocycles. The molecule has 1 aromatic heterocycles. The highest BCUT2D eigenvalue weighted by Crippen LogP contribution is 2.36. The zero-order valence-corrected chi connectivity index (χ0v) is 12.5. The SMILES string of the molecule is CCCn1ncc(Cl)c1C(O)c1c(Cl)cccc1Cl. The van der Waals surface area contributed by atoms with Gasteiger partial charge >= 0.3 is 0 Å². The lowest BCUT2D eigenvalue weighted by molar-refractivity contribution is 0.207. The molecule has 0 saturated carbocycles. The standard InChI is InChI=1S/C13H13Cl3N2O/c1-2-6-18-12(10(16)7-17-18)13(19)11-8(14)4-3-5-9(11)15/h3-5,7,13,19H,2,6H2,1H3. The quantitative estimate of drug-likeness (QED) is 0.910. The van der Waals surface area contributed by atoms with Gasteiger partial charge in [0.1, 0.15) is 6.10 Å². The van der Waals surface area contributed by atoms with Crippen molar-refractivity contribution in [1.82, 2.24) is 9.78 Å². The first-order valence-electron chi connectivity index (χ1n) is 5.89. The maximum atomic E-state index is 10.5. The average Bonchev–Trinajstić information content (AvgIpc) is 2.70. The van der Waals surface area contributed by atoms with Crippen LogP contribution >= 0.6 is 34.8 Å². The number of nitrogens with zero attached hydrogens (tertiary/aromatic N) is 2. The van der Waals surface area contributed by atoms with E-state index in [1.165, 1.54) is 6.20 Å². The van der Waals surface area contributed by atoms with Gasteiger partial charge in [0.2, 0.25) is 0 Å². The van der Waals surface area contributed by atoms with E-state index in [4.69, 9.17) is 34.8 Å². The van der Waals surface area contributed by atoms with Gasteiger partial charge < -0.3 is 5.11 Å². The normalized spacial score (nSPS) is 12.7. The monoisotopic (exact) mass is 318 g/mol. The van der Waals surface area contributed by atoms with Gasteiger partial charge in [0.15, 0.2) is 0 Å². The Hall–Kier alpha value is -0.740. The van der Waals surface area contributed by atoms with Gasteiger partial charge in [0, 0.05) is 22.2 Å². The van der Waals surface area contributed by atoms with Crippen molar-refractivity contribution < 1.29 is 5.11 Å². The van der Waals surface area contributed by atoms with Crippen molar-refractivity contribution in [3.8, 4) is 0 Å². The van der Waals surface area contributed by atoms with Crippen LogP contribution in [0.4, 0.5) is 0 Å². The van der Waals surface area contributed by atoms with Crippen LogP contribution in [-0.4, -0.2) is 14.9 Å². The van der Waals surface area contributed by atoms with E-state index in [-0.39, 0.29) is 0 Å². The number of aryl methyl sites for hydroxylation is 1. The average molecular weight is 320 g/mol. The Bertz CT molecular complexity index is 563. The second kappa shape index (κ2) is 6.14. The molecular weight excluding hydrogens is 307 g/mol. The number of hydrogen-bond acceptors (Lipinski definition) is 2. The third-order valence-corrected chi connectivity index (χ3v) is 3.75. The summed E-state index contributed by atoms with van der Waals surface area (Å²) in [6.45, 7) is 2.69. The summed E-state index contributed by atoms with van der Waals surface area (Å²) in [6, 6.07) is 5.09. The number of aromatic nitrogens is 2. The molecule has 2 rings (SSSR count). The first-order chi connectivity index (χ1) is 9.06. The van der Waals surface area contributed by atoms with Crippen LogP contribution in [0.1, 0.15) is 30.7 Å². The number of benzene rings is 1. The molecule has 19 heavy (non-hydrogen) atoms. The van der Waals surface area contributed by atoms with E-state index in [1.807, 2.05) is 6.92 Å². The Morgan fingerprint density at radius 2 is 1.84 bits per heavy atom. The lowest BCUT2D eigenvalue weighted by atomic mass is 10.1. The molecule has 0 aliphatic rings. The molecule has 3 nitrogen and oxygen atoms in total. The van der Waals surface area contributed by atoms with Crippen LogP contribution in [0.5, 0.6) is 0 Å². The summed E-state index contributed by atoms with van der Waals surface area (Å²) in [4.78, 5) is 0. The largest absolute Gasteiger partial charge is 0.382 e. The highest BCUT2D eigenvalue weighted by atomic mass is 35.5. The Kier molecular flexibility index (Phi) is 4.74. The molecule has 102 valence electrons. The molecule has 0 aliphatic carbocycles. The molecule has 0 saturated heterocycles. The molecule has 0 amide bonds. The summed E-state index contributed by atoms with van der Waals surface area (Å²) < 4.78 is 1.67. The fourth-order valence-electron chi connectivity index (χ4n) is 1.94. The van der Waals surface area contributed by atoms with Gasteiger partial charge in [0.25, 0.3) is 0 Å². The zero-order valence-electron chi connectivity index (χ0n) is 10.3. The number of halogens is 3. The van der Waals surface area contributed by atoms with Crippen LogP contribution < -0.4 is 0 Å². The second-order valence-electron chi connectivity index (χ2n) is 4.14. The van der Waals surface area contributed by atoms with Gasteiger partial charge in [0.05, 0.1) is 16.9 Å². The summed E-state index contributed by atoms with van der Waals surface area (Å²) in [6.07, 6.45) is 1.40. The van der Waals surface area contributed by atoms with E-state index in [9.17, 15) is 5.11 Å². The lowest BCUT2D eigenvalue weighted by Crippen LogP contribution is -2.11. The maximum Gasteiger partial charge on any atom is 0.125 e. The molecular formula is C13H13Cl3N2O. The first-order valence-corrected chi connectivity index (χ1v) is 7.02. The summed E-state index contributed by atoms with van der Waals surface area (Å²) in [5.74, 6) is 0. The van der Waals surface area contributed by atoms with Crippen molar-refractivity contribution in [2.75, 3.05) is 0 Å². The molecule has 0 radical (unpaired) electrons. The molecule has 0 spiro atoms. The zero-order chi connectivity index (χ0) is 14.0. The van der Waals surface area contributed by atoms with E-state index in [2.05, 4.69) is 5.10 Å². The van der Waals surface area contributed by atoms with E-state index in [0.717, 1.165) is 6.42 Å². The lowest BCUT2D eigenvalue weighted by Gasteiger charge is -2.16. The van der Waals surface area contributed by atoms with Gasteiger partial charge in [-0.25, -0.2) is 0 Å². The number of hydrogen-bond donors (Lipinski definition) is 1. The van der Waals surface area contributed by atoms with Gasteiger partial charge in [-0.3, -0.25) is 4.68 Å². The predicted octanol–water partition coefficient (Wildman–Crippen LogP) is 4.34. The van der Waals surface area contributed by atoms with Crippen LogP contribution in [0.15, 0.2) is 24.4 Å². The molecule has 1 atom stereocenters. The predicted molar refractivity (Wildman–Crippen MR) is 78.1 cm³/mol. The first kappa shape index (κ1) is 14.7. The van der Waals surface area contributed by atoms with Crippen molar-refractivity contribution in [1.29, 1.82) is 0 Å². The van der Waals surface area contributed by atoms with Gasteiger partial charge in [-0.05, 0) is 18.6 Å². The molecule has 1 unspecified atom stereocenters. The highest BCUT2D eigenvalue weighted by molar-refractivity contribution is 6.36. The van der Waals surface area contributed by atoms with E-state index in [0.29, 0.717) is 32.9 Å². The maximum absolute atomic E-state index is 10.5. The topological polar surface area (TPSA) is 38.0 Å². The molecule has 6 heteroatoms. The van der Waals surface area contributed by atoms with E-state index >= 15 is 0 Å². The Morgan fingerprint density at radius 3 is 2.42 bits per heavy atom. The summed E-state index contributed by atoms with van der Waals surface area (Å²) in [5.41, 5.74) is 0.962. The highest BCUT2D eigenvalue weighted by Gasteiger charge is 2.23. The van der Waals surface area contributed by atoms with Crippen LogP contribution in [0, 0.1) is 0 Å². The third kappa shape index (κ3) is 2.90. The van der Waals surface area contributed by atoms with Gasteiger partial charge in [-0.2, -0.15) is 5.10 Å². The van der Waals surface area contributed by atoms with Crippen molar-refractivity contribution >= 4 is 34.8 Å². The molecule has 1 aromatic carbocycles. The minimum atomic E-state index is -0.997. The Labute approximate surface area is 126 Å². The van der Waals surface area contributed by atoms with Gasteiger partial charge in [-0.1, -0.05) is 47.8 Å². The fourth-order valence-corrected chi connectivity index (χ4v) is 2.79.